The molecule has 2 heteroatoms. The van der Waals surface area contributed by atoms with Crippen LogP contribution in [0.15, 0.2) is 48.5 Å². The lowest BCUT2D eigenvalue weighted by Gasteiger charge is -2.11. The van der Waals surface area contributed by atoms with E-state index in [0.29, 0.717) is 5.56 Å². The van der Waals surface area contributed by atoms with Crippen molar-refractivity contribution >= 4 is 5.69 Å². The van der Waals surface area contributed by atoms with Crippen molar-refractivity contribution in [3.05, 3.63) is 65.2 Å². The van der Waals surface area contributed by atoms with Crippen molar-refractivity contribution in [2.24, 2.45) is 0 Å². The van der Waals surface area contributed by atoms with Crippen LogP contribution in [0, 0.1) is 82.4 Å². The number of anilines is 1. The smallest absolute Gasteiger partial charge is 0.0991 e. The number of nitriles is 1. The van der Waals surface area contributed by atoms with Gasteiger partial charge in [-0.05, 0) is 108 Å². The van der Waals surface area contributed by atoms with E-state index in [2.05, 4.69) is 77.1 Å². The zero-order valence-electron chi connectivity index (χ0n) is 16.0. The Morgan fingerprint density at radius 3 is 1.24 bits per heavy atom. The Balaban J connectivity index is 1.85. The Morgan fingerprint density at radius 2 is 0.862 bits per heavy atom. The van der Waals surface area contributed by atoms with Gasteiger partial charge in [0.15, 0.2) is 0 Å². The van der Waals surface area contributed by atoms with Gasteiger partial charge in [-0.1, -0.05) is 11.8 Å². The summed E-state index contributed by atoms with van der Waals surface area (Å²) in [7, 11) is 3.98. The summed E-state index contributed by atoms with van der Waals surface area (Å²) in [5.41, 5.74) is 3.40. The third kappa shape index (κ3) is 7.89. The van der Waals surface area contributed by atoms with Crippen molar-refractivity contribution in [1.29, 1.82) is 5.26 Å². The maximum Gasteiger partial charge on any atom is 0.0991 e. The van der Waals surface area contributed by atoms with Crippen molar-refractivity contribution in [2.45, 2.75) is 0 Å². The molecule has 0 aromatic heterocycles. The molecule has 0 radical (unpaired) electrons. The van der Waals surface area contributed by atoms with Crippen LogP contribution in [-0.4, -0.2) is 14.1 Å². The van der Waals surface area contributed by atoms with Gasteiger partial charge in [0.05, 0.1) is 11.6 Å². The van der Waals surface area contributed by atoms with Crippen molar-refractivity contribution in [2.75, 3.05) is 19.0 Å². The Bertz CT molecular complexity index is 1280. The molecule has 29 heavy (non-hydrogen) atoms. The molecule has 0 saturated carbocycles. The quantitative estimate of drug-likeness (QED) is 0.726. The van der Waals surface area contributed by atoms with Gasteiger partial charge in [0, 0.05) is 30.9 Å². The highest BCUT2D eigenvalue weighted by Gasteiger charge is 1.92. The SMILES string of the molecule is CN(C)c1ccc(C#CC#CC#CC#CC#CC#Cc2ccc(C#N)cc2)cc1. The first-order valence-electron chi connectivity index (χ1n) is 8.48. The van der Waals surface area contributed by atoms with E-state index in [1.54, 1.807) is 24.3 Å². The Kier molecular flexibility index (Phi) is 8.20. The highest BCUT2D eigenvalue weighted by Crippen LogP contribution is 2.11. The molecule has 0 spiro atoms. The molecule has 2 aromatic rings. The molecule has 0 N–H and O–H groups in total. The third-order valence-corrected chi connectivity index (χ3v) is 3.37. The predicted octanol–water partition coefficient (Wildman–Crippen LogP) is 3.04. The van der Waals surface area contributed by atoms with Gasteiger partial charge in [-0.2, -0.15) is 5.26 Å². The van der Waals surface area contributed by atoms with Crippen LogP contribution < -0.4 is 4.90 Å². The summed E-state index contributed by atoms with van der Waals surface area (Å²) >= 11 is 0. The summed E-state index contributed by atoms with van der Waals surface area (Å²) in [6.45, 7) is 0. The van der Waals surface area contributed by atoms with Crippen molar-refractivity contribution < 1.29 is 0 Å². The highest BCUT2D eigenvalue weighted by atomic mass is 15.1. The summed E-state index contributed by atoms with van der Waals surface area (Å²) in [5.74, 6) is 32.1. The molecule has 0 aliphatic carbocycles. The fourth-order valence-corrected chi connectivity index (χ4v) is 1.93. The average Bonchev–Trinajstić information content (AvgIpc) is 2.75. The van der Waals surface area contributed by atoms with Crippen LogP contribution in [-0.2, 0) is 0 Å². The average molecular weight is 366 g/mol. The van der Waals surface area contributed by atoms with Crippen LogP contribution in [0.1, 0.15) is 16.7 Å². The molecule has 0 atom stereocenters. The molecule has 132 valence electrons. The first-order valence-corrected chi connectivity index (χ1v) is 8.48. The summed E-state index contributed by atoms with van der Waals surface area (Å²) in [4.78, 5) is 2.03. The van der Waals surface area contributed by atoms with E-state index >= 15 is 0 Å². The van der Waals surface area contributed by atoms with Crippen molar-refractivity contribution in [3.8, 4) is 77.1 Å². The molecule has 0 bridgehead atoms. The summed E-state index contributed by atoms with van der Waals surface area (Å²) in [6, 6.07) is 16.9. The van der Waals surface area contributed by atoms with E-state index in [1.165, 1.54) is 0 Å². The minimum absolute atomic E-state index is 0.596. The van der Waals surface area contributed by atoms with E-state index < -0.39 is 0 Å². The zero-order chi connectivity index (χ0) is 20.7. The van der Waals surface area contributed by atoms with Gasteiger partial charge >= 0.3 is 0 Å². The molecule has 0 saturated heterocycles. The highest BCUT2D eigenvalue weighted by molar-refractivity contribution is 5.51. The fourth-order valence-electron chi connectivity index (χ4n) is 1.93. The molecule has 0 aliphatic heterocycles. The van der Waals surface area contributed by atoms with Crippen LogP contribution in [0.4, 0.5) is 5.69 Å². The minimum Gasteiger partial charge on any atom is -0.378 e. The summed E-state index contributed by atoms with van der Waals surface area (Å²) in [6.07, 6.45) is 0. The zero-order valence-corrected chi connectivity index (χ0v) is 16.0. The Morgan fingerprint density at radius 1 is 0.517 bits per heavy atom. The van der Waals surface area contributed by atoms with Gasteiger partial charge in [-0.15, -0.1) is 0 Å². The number of hydrogen-bond acceptors (Lipinski definition) is 2. The van der Waals surface area contributed by atoms with Crippen molar-refractivity contribution in [3.63, 3.8) is 0 Å². The minimum atomic E-state index is 0.596. The summed E-state index contributed by atoms with van der Waals surface area (Å²) < 4.78 is 0. The Labute approximate surface area is 172 Å². The molecule has 2 aromatic carbocycles. The van der Waals surface area contributed by atoms with E-state index in [1.807, 2.05) is 43.3 Å². The molecule has 0 fully saturated rings. The number of nitrogens with zero attached hydrogens (tertiary/aromatic N) is 2. The second kappa shape index (κ2) is 11.7. The standard InChI is InChI=1S/C27H14N2/c1-29(2)27-21-19-25(20-22-27)14-12-10-8-6-4-3-5-7-9-11-13-24-15-17-26(23-28)18-16-24/h15-22H,1-2H3. The largest absolute Gasteiger partial charge is 0.378 e. The lowest BCUT2D eigenvalue weighted by Crippen LogP contribution is -2.07. The Hall–Kier alpha value is -4.91. The molecule has 0 unspecified atom stereocenters. The maximum absolute atomic E-state index is 8.73. The van der Waals surface area contributed by atoms with E-state index in [-0.39, 0.29) is 0 Å². The first-order chi connectivity index (χ1) is 14.2. The third-order valence-electron chi connectivity index (χ3n) is 3.37. The van der Waals surface area contributed by atoms with Crippen LogP contribution in [0.25, 0.3) is 0 Å². The molecule has 0 aliphatic rings. The number of rotatable bonds is 1. The van der Waals surface area contributed by atoms with Gasteiger partial charge < -0.3 is 4.90 Å². The number of benzene rings is 2. The van der Waals surface area contributed by atoms with Gasteiger partial charge in [-0.25, -0.2) is 0 Å². The second-order valence-corrected chi connectivity index (χ2v) is 5.63. The molecule has 0 heterocycles. The topological polar surface area (TPSA) is 27.0 Å². The fraction of sp³-hybridized carbons (Fsp3) is 0.0741. The molecule has 0 amide bonds. The van der Waals surface area contributed by atoms with Gasteiger partial charge in [0.25, 0.3) is 0 Å². The number of hydrogen-bond donors (Lipinski definition) is 0. The van der Waals surface area contributed by atoms with Crippen LogP contribution in [0.3, 0.4) is 0 Å². The first kappa shape index (κ1) is 20.4. The van der Waals surface area contributed by atoms with Crippen LogP contribution in [0.2, 0.25) is 0 Å². The van der Waals surface area contributed by atoms with E-state index in [9.17, 15) is 0 Å². The lowest BCUT2D eigenvalue weighted by molar-refractivity contribution is 1.13. The van der Waals surface area contributed by atoms with Gasteiger partial charge in [0.2, 0.25) is 0 Å². The van der Waals surface area contributed by atoms with Crippen LogP contribution >= 0.6 is 0 Å². The monoisotopic (exact) mass is 366 g/mol. The lowest BCUT2D eigenvalue weighted by atomic mass is 10.1. The maximum atomic E-state index is 8.73. The van der Waals surface area contributed by atoms with E-state index in [0.717, 1.165) is 16.8 Å². The van der Waals surface area contributed by atoms with Gasteiger partial charge in [0.1, 0.15) is 0 Å². The van der Waals surface area contributed by atoms with E-state index in [4.69, 9.17) is 5.26 Å². The molecular formula is C27H14N2. The second-order valence-electron chi connectivity index (χ2n) is 5.63. The predicted molar refractivity (Wildman–Crippen MR) is 117 cm³/mol. The van der Waals surface area contributed by atoms with Crippen molar-refractivity contribution in [1.82, 2.24) is 0 Å². The molecule has 2 rings (SSSR count). The summed E-state index contributed by atoms with van der Waals surface area (Å²) in [5, 5.41) is 8.73. The molecule has 2 nitrogen and oxygen atoms in total. The van der Waals surface area contributed by atoms with Crippen LogP contribution in [0.5, 0.6) is 0 Å². The normalized spacial score (nSPS) is 7.34. The molecular weight excluding hydrogens is 352 g/mol. The van der Waals surface area contributed by atoms with Gasteiger partial charge in [-0.3, -0.25) is 0 Å².